The number of hydrazone groups is 1. The standard InChI is InChI=1S/C20H19N5O3S/c26-17(11-29-20-21-12-22-23-20)25-19(16-7-3-9-28-16)15-6-1-4-13(18(15)24-25)10-14-5-2-8-27-14/h2-3,5,7-10,12,15,19H,1,4,6,11H2,(H,21,22,23)/b13-10+/t15-,19-/m1/s1. The number of aromatic amines is 1. The third-order valence-electron chi connectivity index (χ3n) is 5.18. The summed E-state index contributed by atoms with van der Waals surface area (Å²) < 4.78 is 11.2. The highest BCUT2D eigenvalue weighted by Gasteiger charge is 2.45. The van der Waals surface area contributed by atoms with Crippen molar-refractivity contribution in [3.8, 4) is 0 Å². The van der Waals surface area contributed by atoms with Crippen LogP contribution < -0.4 is 0 Å². The van der Waals surface area contributed by atoms with Crippen LogP contribution in [0.1, 0.15) is 36.8 Å². The molecule has 0 unspecified atom stereocenters. The summed E-state index contributed by atoms with van der Waals surface area (Å²) in [6.45, 7) is 0. The summed E-state index contributed by atoms with van der Waals surface area (Å²) in [4.78, 5) is 17.1. The summed E-state index contributed by atoms with van der Waals surface area (Å²) >= 11 is 1.31. The van der Waals surface area contributed by atoms with Gasteiger partial charge in [0.2, 0.25) is 0 Å². The third kappa shape index (κ3) is 3.53. The maximum absolute atomic E-state index is 13.1. The second kappa shape index (κ2) is 7.75. The van der Waals surface area contributed by atoms with Gasteiger partial charge in [-0.25, -0.2) is 9.99 Å². The first kappa shape index (κ1) is 18.0. The Morgan fingerprint density at radius 3 is 2.97 bits per heavy atom. The number of allylic oxidation sites excluding steroid dienone is 1. The second-order valence-electron chi connectivity index (χ2n) is 6.95. The molecule has 0 spiro atoms. The molecule has 1 fully saturated rings. The molecule has 9 heteroatoms. The summed E-state index contributed by atoms with van der Waals surface area (Å²) in [6.07, 6.45) is 9.65. The topological polar surface area (TPSA) is 101 Å². The van der Waals surface area contributed by atoms with E-state index < -0.39 is 0 Å². The quantitative estimate of drug-likeness (QED) is 0.641. The molecule has 1 aliphatic carbocycles. The number of rotatable bonds is 5. The van der Waals surface area contributed by atoms with E-state index in [1.54, 1.807) is 17.5 Å². The zero-order valence-electron chi connectivity index (χ0n) is 15.5. The first-order chi connectivity index (χ1) is 14.3. The van der Waals surface area contributed by atoms with Crippen LogP contribution in [0.2, 0.25) is 0 Å². The van der Waals surface area contributed by atoms with Crippen LogP contribution in [0.25, 0.3) is 6.08 Å². The number of nitrogens with one attached hydrogen (secondary N) is 1. The fraction of sp³-hybridized carbons (Fsp3) is 0.300. The predicted molar refractivity (Wildman–Crippen MR) is 107 cm³/mol. The van der Waals surface area contributed by atoms with Crippen LogP contribution in [0, 0.1) is 5.92 Å². The van der Waals surface area contributed by atoms with Crippen molar-refractivity contribution in [2.75, 3.05) is 5.75 Å². The SMILES string of the molecule is O=C(CSc1ncn[nH]1)N1N=C2/C(=C/c3ccco3)CCC[C@H]2[C@@H]1c1ccco1. The Kier molecular flexibility index (Phi) is 4.81. The summed E-state index contributed by atoms with van der Waals surface area (Å²) in [6, 6.07) is 7.32. The van der Waals surface area contributed by atoms with E-state index >= 15 is 0 Å². The number of fused-ring (bicyclic) bond motifs is 1. The molecular weight excluding hydrogens is 390 g/mol. The summed E-state index contributed by atoms with van der Waals surface area (Å²) in [7, 11) is 0. The smallest absolute Gasteiger partial charge is 0.253 e. The summed E-state index contributed by atoms with van der Waals surface area (Å²) in [5.41, 5.74) is 2.07. The number of amides is 1. The maximum Gasteiger partial charge on any atom is 0.253 e. The van der Waals surface area contributed by atoms with Crippen LogP contribution in [0.15, 0.2) is 67.8 Å². The van der Waals surface area contributed by atoms with Crippen molar-refractivity contribution in [2.45, 2.75) is 30.5 Å². The Hall–Kier alpha value is -3.07. The number of hydrogen-bond acceptors (Lipinski definition) is 7. The van der Waals surface area contributed by atoms with Crippen molar-refractivity contribution in [3.63, 3.8) is 0 Å². The Morgan fingerprint density at radius 1 is 1.31 bits per heavy atom. The molecule has 4 heterocycles. The van der Waals surface area contributed by atoms with Gasteiger partial charge >= 0.3 is 0 Å². The van der Waals surface area contributed by atoms with Gasteiger partial charge < -0.3 is 8.83 Å². The molecule has 1 amide bonds. The number of aromatic nitrogens is 3. The third-order valence-corrected chi connectivity index (χ3v) is 6.04. The molecule has 148 valence electrons. The first-order valence-corrected chi connectivity index (χ1v) is 10.4. The molecule has 1 N–H and O–H groups in total. The molecule has 3 aromatic heterocycles. The number of furan rings is 2. The minimum Gasteiger partial charge on any atom is -0.467 e. The average molecular weight is 409 g/mol. The van der Waals surface area contributed by atoms with Crippen molar-refractivity contribution in [1.82, 2.24) is 20.2 Å². The van der Waals surface area contributed by atoms with E-state index in [0.717, 1.165) is 42.1 Å². The molecular formula is C20H19N5O3S. The Morgan fingerprint density at radius 2 is 2.21 bits per heavy atom. The first-order valence-electron chi connectivity index (χ1n) is 9.46. The summed E-state index contributed by atoms with van der Waals surface area (Å²) in [5, 5.41) is 13.6. The lowest BCUT2D eigenvalue weighted by molar-refractivity contribution is -0.131. The second-order valence-corrected chi connectivity index (χ2v) is 7.91. The Balaban J connectivity index is 1.45. The number of hydrogen-bond donors (Lipinski definition) is 1. The van der Waals surface area contributed by atoms with Crippen LogP contribution in [-0.4, -0.2) is 37.6 Å². The Bertz CT molecular complexity index is 1020. The zero-order valence-corrected chi connectivity index (χ0v) is 16.3. The molecule has 0 radical (unpaired) electrons. The van der Waals surface area contributed by atoms with Gasteiger partial charge in [-0.3, -0.25) is 9.89 Å². The van der Waals surface area contributed by atoms with Crippen LogP contribution in [0.3, 0.4) is 0 Å². The molecule has 1 aliphatic heterocycles. The Labute approximate surface area is 171 Å². The molecule has 29 heavy (non-hydrogen) atoms. The van der Waals surface area contributed by atoms with E-state index in [2.05, 4.69) is 15.2 Å². The minimum absolute atomic E-state index is 0.0907. The average Bonchev–Trinajstić information content (AvgIpc) is 3.53. The van der Waals surface area contributed by atoms with Crippen molar-refractivity contribution in [2.24, 2.45) is 11.0 Å². The fourth-order valence-electron chi connectivity index (χ4n) is 3.95. The van der Waals surface area contributed by atoms with Gasteiger partial charge in [-0.15, -0.1) is 0 Å². The lowest BCUT2D eigenvalue weighted by Crippen LogP contribution is -2.32. The molecule has 0 aromatic carbocycles. The number of carbonyl (C=O) groups excluding carboxylic acids is 1. The molecule has 1 saturated carbocycles. The van der Waals surface area contributed by atoms with Crippen LogP contribution in [-0.2, 0) is 4.79 Å². The van der Waals surface area contributed by atoms with Crippen molar-refractivity contribution < 1.29 is 13.6 Å². The molecule has 3 aromatic rings. The van der Waals surface area contributed by atoms with Gasteiger partial charge in [0.25, 0.3) is 5.91 Å². The normalized spacial score (nSPS) is 22.7. The van der Waals surface area contributed by atoms with E-state index in [4.69, 9.17) is 13.9 Å². The van der Waals surface area contributed by atoms with Crippen LogP contribution in [0.4, 0.5) is 0 Å². The molecule has 0 bridgehead atoms. The van der Waals surface area contributed by atoms with Crippen molar-refractivity contribution in [3.05, 3.63) is 60.2 Å². The molecule has 8 nitrogen and oxygen atoms in total. The number of thioether (sulfide) groups is 1. The largest absolute Gasteiger partial charge is 0.467 e. The molecule has 2 aliphatic rings. The summed E-state index contributed by atoms with van der Waals surface area (Å²) in [5.74, 6) is 1.78. The maximum atomic E-state index is 13.1. The molecule has 2 atom stereocenters. The highest BCUT2D eigenvalue weighted by Crippen LogP contribution is 2.44. The van der Waals surface area contributed by atoms with Gasteiger partial charge in [0.15, 0.2) is 5.16 Å². The van der Waals surface area contributed by atoms with Crippen molar-refractivity contribution in [1.29, 1.82) is 0 Å². The highest BCUT2D eigenvalue weighted by molar-refractivity contribution is 7.99. The van der Waals surface area contributed by atoms with Gasteiger partial charge in [0.1, 0.15) is 23.9 Å². The van der Waals surface area contributed by atoms with Gasteiger partial charge in [0, 0.05) is 5.92 Å². The van der Waals surface area contributed by atoms with E-state index in [1.807, 2.05) is 30.3 Å². The van der Waals surface area contributed by atoms with Gasteiger partial charge in [-0.2, -0.15) is 10.2 Å². The zero-order chi connectivity index (χ0) is 19.6. The highest BCUT2D eigenvalue weighted by atomic mass is 32.2. The van der Waals surface area contributed by atoms with E-state index in [1.165, 1.54) is 18.1 Å². The lowest BCUT2D eigenvalue weighted by atomic mass is 9.79. The van der Waals surface area contributed by atoms with E-state index in [-0.39, 0.29) is 23.6 Å². The van der Waals surface area contributed by atoms with Crippen LogP contribution in [0.5, 0.6) is 0 Å². The minimum atomic E-state index is -0.233. The van der Waals surface area contributed by atoms with Gasteiger partial charge in [-0.1, -0.05) is 11.8 Å². The van der Waals surface area contributed by atoms with E-state index in [9.17, 15) is 4.79 Å². The fourth-order valence-corrected chi connectivity index (χ4v) is 4.58. The monoisotopic (exact) mass is 409 g/mol. The van der Waals surface area contributed by atoms with Crippen LogP contribution >= 0.6 is 11.8 Å². The van der Waals surface area contributed by atoms with E-state index in [0.29, 0.717) is 5.16 Å². The lowest BCUT2D eigenvalue weighted by Gasteiger charge is -2.27. The number of nitrogens with zero attached hydrogens (tertiary/aromatic N) is 4. The predicted octanol–water partition coefficient (Wildman–Crippen LogP) is 3.91. The van der Waals surface area contributed by atoms with Gasteiger partial charge in [0.05, 0.1) is 24.0 Å². The molecule has 0 saturated heterocycles. The van der Waals surface area contributed by atoms with Gasteiger partial charge in [-0.05, 0) is 55.2 Å². The number of carbonyl (C=O) groups is 1. The van der Waals surface area contributed by atoms with Crippen molar-refractivity contribution >= 4 is 29.5 Å². The molecule has 5 rings (SSSR count). The number of H-pyrrole nitrogens is 1.